The molecule has 2 aliphatic rings. The van der Waals surface area contributed by atoms with Crippen LogP contribution >= 0.6 is 0 Å². The van der Waals surface area contributed by atoms with Crippen molar-refractivity contribution in [1.82, 2.24) is 0 Å². The Morgan fingerprint density at radius 1 is 1.45 bits per heavy atom. The third-order valence-electron chi connectivity index (χ3n) is 4.15. The van der Waals surface area contributed by atoms with Gasteiger partial charge in [-0.15, -0.1) is 0 Å². The van der Waals surface area contributed by atoms with Gasteiger partial charge in [0.15, 0.2) is 0 Å². The fraction of sp³-hybridized carbons (Fsp3) is 1.00. The van der Waals surface area contributed by atoms with Gasteiger partial charge in [0.05, 0.1) is 0 Å². The van der Waals surface area contributed by atoms with E-state index in [0.29, 0.717) is 0 Å². The van der Waals surface area contributed by atoms with Crippen molar-refractivity contribution in [3.05, 3.63) is 0 Å². The van der Waals surface area contributed by atoms with Gasteiger partial charge in [0.25, 0.3) is 0 Å². The molecule has 0 amide bonds. The Bertz CT molecular complexity index is 146. The molecule has 0 heterocycles. The van der Waals surface area contributed by atoms with Crippen LogP contribution in [0.4, 0.5) is 0 Å². The van der Waals surface area contributed by atoms with Gasteiger partial charge in [-0.05, 0) is 36.0 Å². The second-order valence-electron chi connectivity index (χ2n) is 4.77. The lowest BCUT2D eigenvalue weighted by Gasteiger charge is -2.30. The molecule has 2 rings (SSSR count). The fourth-order valence-electron chi connectivity index (χ4n) is 3.22. The summed E-state index contributed by atoms with van der Waals surface area (Å²) in [5.41, 5.74) is 0. The molecular weight excluding hydrogens is 132 g/mol. The van der Waals surface area contributed by atoms with Crippen molar-refractivity contribution >= 4 is 0 Å². The maximum atomic E-state index is 2.45. The van der Waals surface area contributed by atoms with Crippen LogP contribution in [-0.2, 0) is 0 Å². The second-order valence-corrected chi connectivity index (χ2v) is 4.77. The minimum atomic E-state index is 1.02. The van der Waals surface area contributed by atoms with Crippen LogP contribution in [0.3, 0.4) is 0 Å². The Kier molecular flexibility index (Phi) is 1.74. The summed E-state index contributed by atoms with van der Waals surface area (Å²) in [4.78, 5) is 0. The van der Waals surface area contributed by atoms with Crippen molar-refractivity contribution in [2.24, 2.45) is 29.6 Å². The van der Waals surface area contributed by atoms with E-state index < -0.39 is 0 Å². The van der Waals surface area contributed by atoms with E-state index in [1.54, 1.807) is 6.42 Å². The molecule has 64 valence electrons. The molecule has 0 bridgehead atoms. The van der Waals surface area contributed by atoms with Crippen molar-refractivity contribution < 1.29 is 0 Å². The molecule has 0 radical (unpaired) electrons. The SMILES string of the molecule is CCCC(C)C1CC2C(C)C12. The largest absolute Gasteiger partial charge is 0.0654 e. The number of hydrogen-bond acceptors (Lipinski definition) is 0. The molecule has 11 heavy (non-hydrogen) atoms. The van der Waals surface area contributed by atoms with Gasteiger partial charge in [0, 0.05) is 0 Å². The maximum absolute atomic E-state index is 2.45. The molecular formula is C11H20. The Morgan fingerprint density at radius 3 is 2.55 bits per heavy atom. The van der Waals surface area contributed by atoms with Gasteiger partial charge in [0.2, 0.25) is 0 Å². The summed E-state index contributed by atoms with van der Waals surface area (Å²) in [6, 6.07) is 0. The molecule has 0 aromatic rings. The zero-order valence-electron chi connectivity index (χ0n) is 8.01. The van der Waals surface area contributed by atoms with Crippen LogP contribution in [0.15, 0.2) is 0 Å². The summed E-state index contributed by atoms with van der Waals surface area (Å²) >= 11 is 0. The summed E-state index contributed by atoms with van der Waals surface area (Å²) in [6.07, 6.45) is 4.40. The highest BCUT2D eigenvalue weighted by molar-refractivity contribution is 5.08. The van der Waals surface area contributed by atoms with E-state index in [9.17, 15) is 0 Å². The first-order valence-electron chi connectivity index (χ1n) is 5.25. The highest BCUT2D eigenvalue weighted by Crippen LogP contribution is 2.66. The minimum Gasteiger partial charge on any atom is -0.0654 e. The monoisotopic (exact) mass is 152 g/mol. The lowest BCUT2D eigenvalue weighted by atomic mass is 9.75. The molecule has 2 aliphatic carbocycles. The van der Waals surface area contributed by atoms with Gasteiger partial charge in [-0.1, -0.05) is 33.6 Å². The quantitative estimate of drug-likeness (QED) is 0.582. The molecule has 0 aliphatic heterocycles. The average Bonchev–Trinajstić information content (AvgIpc) is 2.32. The van der Waals surface area contributed by atoms with E-state index in [4.69, 9.17) is 0 Å². The van der Waals surface area contributed by atoms with Crippen LogP contribution in [0.25, 0.3) is 0 Å². The van der Waals surface area contributed by atoms with Gasteiger partial charge >= 0.3 is 0 Å². The molecule has 0 spiro atoms. The zero-order chi connectivity index (χ0) is 8.01. The standard InChI is InChI=1S/C11H20/c1-4-5-7(2)9-6-10-8(3)11(9)10/h7-11H,4-6H2,1-3H3. The van der Waals surface area contributed by atoms with Crippen molar-refractivity contribution in [1.29, 1.82) is 0 Å². The van der Waals surface area contributed by atoms with Gasteiger partial charge in [-0.3, -0.25) is 0 Å². The number of rotatable bonds is 3. The smallest absolute Gasteiger partial charge is 0.0323 e. The number of fused-ring (bicyclic) bond motifs is 1. The maximum Gasteiger partial charge on any atom is -0.0323 e. The van der Waals surface area contributed by atoms with Gasteiger partial charge in [-0.2, -0.15) is 0 Å². The van der Waals surface area contributed by atoms with Crippen LogP contribution in [0.2, 0.25) is 0 Å². The van der Waals surface area contributed by atoms with Gasteiger partial charge in [-0.25, -0.2) is 0 Å². The van der Waals surface area contributed by atoms with E-state index in [1.165, 1.54) is 18.8 Å². The lowest BCUT2D eigenvalue weighted by molar-refractivity contribution is 0.189. The molecule has 5 unspecified atom stereocenters. The summed E-state index contributed by atoms with van der Waals surface area (Å²) in [7, 11) is 0. The molecule has 0 saturated heterocycles. The van der Waals surface area contributed by atoms with Crippen LogP contribution in [-0.4, -0.2) is 0 Å². The molecule has 0 aromatic carbocycles. The highest BCUT2D eigenvalue weighted by Gasteiger charge is 2.60. The molecule has 0 heteroatoms. The predicted octanol–water partition coefficient (Wildman–Crippen LogP) is 3.32. The summed E-state index contributed by atoms with van der Waals surface area (Å²) in [5, 5.41) is 0. The predicted molar refractivity (Wildman–Crippen MR) is 48.3 cm³/mol. The third kappa shape index (κ3) is 1.02. The first-order valence-corrected chi connectivity index (χ1v) is 5.25. The average molecular weight is 152 g/mol. The van der Waals surface area contributed by atoms with Crippen molar-refractivity contribution in [3.63, 3.8) is 0 Å². The van der Waals surface area contributed by atoms with Crippen LogP contribution in [0.1, 0.15) is 40.0 Å². The normalized spacial score (nSPS) is 49.4. The lowest BCUT2D eigenvalue weighted by Crippen LogP contribution is -2.23. The summed E-state index contributed by atoms with van der Waals surface area (Å²) in [5.74, 6) is 5.57. The van der Waals surface area contributed by atoms with Gasteiger partial charge in [0.1, 0.15) is 0 Å². The first-order chi connectivity index (χ1) is 5.25. The Hall–Kier alpha value is 0. The molecule has 0 aromatic heterocycles. The van der Waals surface area contributed by atoms with Crippen molar-refractivity contribution in [3.8, 4) is 0 Å². The van der Waals surface area contributed by atoms with Gasteiger partial charge < -0.3 is 0 Å². The summed E-state index contributed by atoms with van der Waals surface area (Å²) < 4.78 is 0. The third-order valence-corrected chi connectivity index (χ3v) is 4.15. The van der Waals surface area contributed by atoms with E-state index in [1.807, 2.05) is 0 Å². The molecule has 0 nitrogen and oxygen atoms in total. The summed E-state index contributed by atoms with van der Waals surface area (Å²) in [6.45, 7) is 7.20. The van der Waals surface area contributed by atoms with Crippen molar-refractivity contribution in [2.45, 2.75) is 40.0 Å². The second kappa shape index (κ2) is 2.50. The Balaban J connectivity index is 1.80. The highest BCUT2D eigenvalue weighted by atomic mass is 14.7. The zero-order valence-corrected chi connectivity index (χ0v) is 8.01. The van der Waals surface area contributed by atoms with E-state index in [-0.39, 0.29) is 0 Å². The van der Waals surface area contributed by atoms with Crippen LogP contribution < -0.4 is 0 Å². The Morgan fingerprint density at radius 2 is 2.18 bits per heavy atom. The fourth-order valence-corrected chi connectivity index (χ4v) is 3.22. The van der Waals surface area contributed by atoms with E-state index in [0.717, 1.165) is 23.7 Å². The first kappa shape index (κ1) is 7.64. The minimum absolute atomic E-state index is 1.02. The molecule has 5 atom stereocenters. The van der Waals surface area contributed by atoms with E-state index in [2.05, 4.69) is 20.8 Å². The van der Waals surface area contributed by atoms with E-state index >= 15 is 0 Å². The van der Waals surface area contributed by atoms with Crippen molar-refractivity contribution in [2.75, 3.05) is 0 Å². The topological polar surface area (TPSA) is 0 Å². The van der Waals surface area contributed by atoms with Crippen LogP contribution in [0.5, 0.6) is 0 Å². The molecule has 0 N–H and O–H groups in total. The van der Waals surface area contributed by atoms with Crippen LogP contribution in [0, 0.1) is 29.6 Å². The Labute approximate surface area is 70.4 Å². The number of hydrogen-bond donors (Lipinski definition) is 0. The molecule has 2 fully saturated rings. The molecule has 2 saturated carbocycles.